The van der Waals surface area contributed by atoms with Gasteiger partial charge in [0.15, 0.2) is 11.5 Å². The molecule has 7 heteroatoms. The van der Waals surface area contributed by atoms with Crippen molar-refractivity contribution in [2.24, 2.45) is 0 Å². The molecular formula is C21H26N2O5. The van der Waals surface area contributed by atoms with Crippen LogP contribution in [0.2, 0.25) is 0 Å². The number of nitrogens with zero attached hydrogens (tertiary/aromatic N) is 2. The van der Waals surface area contributed by atoms with E-state index in [4.69, 9.17) is 8.83 Å². The Hall–Kier alpha value is -2.80. The molecule has 1 aliphatic rings. The van der Waals surface area contributed by atoms with Crippen molar-refractivity contribution in [3.05, 3.63) is 59.1 Å². The van der Waals surface area contributed by atoms with Gasteiger partial charge >= 0.3 is 0 Å². The summed E-state index contributed by atoms with van der Waals surface area (Å²) in [7, 11) is 0. The summed E-state index contributed by atoms with van der Waals surface area (Å²) >= 11 is 0. The van der Waals surface area contributed by atoms with E-state index in [0.29, 0.717) is 18.1 Å². The maximum absolute atomic E-state index is 12.9. The summed E-state index contributed by atoms with van der Waals surface area (Å²) < 4.78 is 10.9. The number of carbonyl (C=O) groups excluding carboxylic acids is 2. The molecule has 0 unspecified atom stereocenters. The van der Waals surface area contributed by atoms with Crippen LogP contribution in [-0.4, -0.2) is 52.8 Å². The smallest absolute Gasteiger partial charge is 0.290 e. The molecule has 150 valence electrons. The Balaban J connectivity index is 1.90. The molecule has 0 bridgehead atoms. The Bertz CT molecular complexity index is 861. The molecule has 2 aromatic heterocycles. The second-order valence-corrected chi connectivity index (χ2v) is 6.80. The van der Waals surface area contributed by atoms with Crippen molar-refractivity contribution < 1.29 is 23.5 Å². The van der Waals surface area contributed by atoms with Crippen molar-refractivity contribution in [1.82, 2.24) is 9.80 Å². The fourth-order valence-electron chi connectivity index (χ4n) is 3.56. The van der Waals surface area contributed by atoms with E-state index < -0.39 is 23.5 Å². The summed E-state index contributed by atoms with van der Waals surface area (Å²) in [5, 5.41) is 10.5. The number of aryl methyl sites for hydroxylation is 1. The second-order valence-electron chi connectivity index (χ2n) is 6.80. The van der Waals surface area contributed by atoms with E-state index in [2.05, 4.69) is 18.7 Å². The van der Waals surface area contributed by atoms with Gasteiger partial charge in [-0.1, -0.05) is 13.8 Å². The molecule has 3 heterocycles. The number of hydrogen-bond acceptors (Lipinski definition) is 6. The lowest BCUT2D eigenvalue weighted by molar-refractivity contribution is -0.129. The lowest BCUT2D eigenvalue weighted by Gasteiger charge is -2.26. The van der Waals surface area contributed by atoms with Crippen molar-refractivity contribution >= 4 is 11.7 Å². The lowest BCUT2D eigenvalue weighted by Crippen LogP contribution is -2.34. The SMILES string of the molecule is CCN(CC)CCCN1C(=O)C(O)=C(C(=O)c2ccco2)[C@H]1c1ccc(C)o1. The highest BCUT2D eigenvalue weighted by Gasteiger charge is 2.45. The van der Waals surface area contributed by atoms with Gasteiger partial charge in [-0.3, -0.25) is 9.59 Å². The van der Waals surface area contributed by atoms with Crippen LogP contribution >= 0.6 is 0 Å². The van der Waals surface area contributed by atoms with Crippen LogP contribution in [0, 0.1) is 6.92 Å². The molecule has 7 nitrogen and oxygen atoms in total. The first-order valence-corrected chi connectivity index (χ1v) is 9.58. The molecule has 1 aliphatic heterocycles. The van der Waals surface area contributed by atoms with Crippen LogP contribution in [0.4, 0.5) is 0 Å². The first-order chi connectivity index (χ1) is 13.5. The predicted molar refractivity (Wildman–Crippen MR) is 103 cm³/mol. The third-order valence-electron chi connectivity index (χ3n) is 5.09. The number of aliphatic hydroxyl groups excluding tert-OH is 1. The van der Waals surface area contributed by atoms with E-state index in [0.717, 1.165) is 26.1 Å². The van der Waals surface area contributed by atoms with Crippen LogP contribution < -0.4 is 0 Å². The molecule has 1 amide bonds. The molecule has 0 saturated carbocycles. The van der Waals surface area contributed by atoms with Gasteiger partial charge < -0.3 is 23.7 Å². The van der Waals surface area contributed by atoms with Gasteiger partial charge in [0.05, 0.1) is 11.8 Å². The van der Waals surface area contributed by atoms with Crippen molar-refractivity contribution in [3.63, 3.8) is 0 Å². The molecule has 0 fully saturated rings. The van der Waals surface area contributed by atoms with Crippen LogP contribution in [0.25, 0.3) is 0 Å². The molecule has 1 atom stereocenters. The average molecular weight is 386 g/mol. The first kappa shape index (κ1) is 19.9. The van der Waals surface area contributed by atoms with E-state index in [1.54, 1.807) is 25.1 Å². The molecule has 0 radical (unpaired) electrons. The maximum atomic E-state index is 12.9. The highest BCUT2D eigenvalue weighted by molar-refractivity contribution is 6.14. The van der Waals surface area contributed by atoms with Gasteiger partial charge in [0.1, 0.15) is 17.6 Å². The Kier molecular flexibility index (Phi) is 6.04. The van der Waals surface area contributed by atoms with E-state index in [1.165, 1.54) is 17.2 Å². The van der Waals surface area contributed by atoms with Crippen LogP contribution in [0.5, 0.6) is 0 Å². The summed E-state index contributed by atoms with van der Waals surface area (Å²) in [6.07, 6.45) is 2.11. The third-order valence-corrected chi connectivity index (χ3v) is 5.09. The van der Waals surface area contributed by atoms with Gasteiger partial charge in [-0.2, -0.15) is 0 Å². The summed E-state index contributed by atoms with van der Waals surface area (Å²) in [5.74, 6) is -0.417. The Morgan fingerprint density at radius 1 is 1.25 bits per heavy atom. The number of ketones is 1. The van der Waals surface area contributed by atoms with Gasteiger partial charge in [-0.15, -0.1) is 0 Å². The molecule has 0 aliphatic carbocycles. The third kappa shape index (κ3) is 3.75. The molecule has 0 saturated heterocycles. The zero-order chi connectivity index (χ0) is 20.3. The minimum absolute atomic E-state index is 0.00265. The minimum Gasteiger partial charge on any atom is -0.503 e. The standard InChI is InChI=1S/C21H26N2O5/c1-4-22(5-2)11-7-12-23-18(15-10-9-14(3)28-15)17(20(25)21(23)26)19(24)16-8-6-13-27-16/h6,8-10,13,18,25H,4-5,7,11-12H2,1-3H3/t18-/m1/s1. The summed E-state index contributed by atoms with van der Waals surface area (Å²) in [4.78, 5) is 29.5. The molecule has 1 N–H and O–H groups in total. The Labute approximate surface area is 164 Å². The number of hydrogen-bond donors (Lipinski definition) is 1. The van der Waals surface area contributed by atoms with Gasteiger partial charge in [-0.05, 0) is 57.2 Å². The predicted octanol–water partition coefficient (Wildman–Crippen LogP) is 3.49. The number of amides is 1. The normalized spacial score (nSPS) is 17.2. The molecule has 0 aromatic carbocycles. The second kappa shape index (κ2) is 8.48. The maximum Gasteiger partial charge on any atom is 0.290 e. The van der Waals surface area contributed by atoms with Crippen molar-refractivity contribution in [3.8, 4) is 0 Å². The van der Waals surface area contributed by atoms with Crippen LogP contribution in [0.1, 0.15) is 48.4 Å². The quantitative estimate of drug-likeness (QED) is 0.664. The largest absolute Gasteiger partial charge is 0.503 e. The van der Waals surface area contributed by atoms with Crippen LogP contribution in [0.3, 0.4) is 0 Å². The van der Waals surface area contributed by atoms with E-state index in [9.17, 15) is 14.7 Å². The fraction of sp³-hybridized carbons (Fsp3) is 0.429. The average Bonchev–Trinajstić information content (AvgIpc) is 3.41. The number of Topliss-reactive ketones (excluding diaryl/α,β-unsaturated/α-hetero) is 1. The Morgan fingerprint density at radius 2 is 2.00 bits per heavy atom. The number of carbonyl (C=O) groups is 2. The van der Waals surface area contributed by atoms with Crippen LogP contribution in [0.15, 0.2) is 50.7 Å². The summed E-state index contributed by atoms with van der Waals surface area (Å²) in [5.41, 5.74) is -0.00265. The number of aliphatic hydroxyl groups is 1. The van der Waals surface area contributed by atoms with E-state index in [-0.39, 0.29) is 11.3 Å². The zero-order valence-corrected chi connectivity index (χ0v) is 16.5. The van der Waals surface area contributed by atoms with Gasteiger partial charge in [0.2, 0.25) is 5.78 Å². The van der Waals surface area contributed by atoms with Gasteiger partial charge in [0.25, 0.3) is 5.91 Å². The Morgan fingerprint density at radius 3 is 2.57 bits per heavy atom. The highest BCUT2D eigenvalue weighted by Crippen LogP contribution is 2.39. The molecule has 28 heavy (non-hydrogen) atoms. The first-order valence-electron chi connectivity index (χ1n) is 9.58. The number of rotatable bonds is 9. The zero-order valence-electron chi connectivity index (χ0n) is 16.5. The molecule has 0 spiro atoms. The lowest BCUT2D eigenvalue weighted by atomic mass is 9.99. The van der Waals surface area contributed by atoms with Gasteiger partial charge in [0, 0.05) is 6.54 Å². The van der Waals surface area contributed by atoms with E-state index in [1.807, 2.05) is 0 Å². The minimum atomic E-state index is -0.768. The summed E-state index contributed by atoms with van der Waals surface area (Å²) in [6, 6.07) is 5.85. The summed E-state index contributed by atoms with van der Waals surface area (Å²) in [6.45, 7) is 9.05. The van der Waals surface area contributed by atoms with Gasteiger partial charge in [-0.25, -0.2) is 0 Å². The molecule has 2 aromatic rings. The van der Waals surface area contributed by atoms with Crippen molar-refractivity contribution in [1.29, 1.82) is 0 Å². The number of furan rings is 2. The van der Waals surface area contributed by atoms with Crippen molar-refractivity contribution in [2.45, 2.75) is 33.2 Å². The van der Waals surface area contributed by atoms with Crippen LogP contribution in [-0.2, 0) is 4.79 Å². The topological polar surface area (TPSA) is 87.1 Å². The van der Waals surface area contributed by atoms with Crippen molar-refractivity contribution in [2.75, 3.05) is 26.2 Å². The van der Waals surface area contributed by atoms with E-state index >= 15 is 0 Å². The monoisotopic (exact) mass is 386 g/mol. The highest BCUT2D eigenvalue weighted by atomic mass is 16.3. The molecular weight excluding hydrogens is 360 g/mol. The fourth-order valence-corrected chi connectivity index (χ4v) is 3.56. The molecule has 3 rings (SSSR count).